The Bertz CT molecular complexity index is 314. The second-order valence-electron chi connectivity index (χ2n) is 2.81. The Kier molecular flexibility index (Phi) is 6.19. The lowest BCUT2D eigenvalue weighted by Crippen LogP contribution is -2.09. The van der Waals surface area contributed by atoms with E-state index in [-0.39, 0.29) is 18.4 Å². The van der Waals surface area contributed by atoms with E-state index < -0.39 is 0 Å². The van der Waals surface area contributed by atoms with Crippen LogP contribution in [-0.2, 0) is 0 Å². The first-order valence-electron chi connectivity index (χ1n) is 3.96. The molecule has 0 aromatic heterocycles. The Morgan fingerprint density at radius 3 is 2.36 bits per heavy atom. The zero-order valence-corrected chi connectivity index (χ0v) is 10.6. The van der Waals surface area contributed by atoms with Crippen molar-refractivity contribution in [1.29, 1.82) is 0 Å². The van der Waals surface area contributed by atoms with Gasteiger partial charge in [0.25, 0.3) is 0 Å². The highest BCUT2D eigenvalue weighted by Gasteiger charge is 2.12. The molecule has 80 valence electrons. The first kappa shape index (κ1) is 14.3. The molecule has 1 aromatic rings. The molecule has 2 N–H and O–H groups in total. The molecule has 0 saturated heterocycles. The van der Waals surface area contributed by atoms with Gasteiger partial charge in [0.2, 0.25) is 0 Å². The first-order valence-corrected chi connectivity index (χ1v) is 5.09. The molecule has 0 aliphatic heterocycles. The van der Waals surface area contributed by atoms with Crippen LogP contribution in [0.2, 0.25) is 15.1 Å². The van der Waals surface area contributed by atoms with Gasteiger partial charge in [-0.05, 0) is 24.1 Å². The number of rotatable bonds is 2. The molecule has 1 aromatic carbocycles. The Morgan fingerprint density at radius 1 is 1.29 bits per heavy atom. The quantitative estimate of drug-likeness (QED) is 0.791. The third-order valence-electron chi connectivity index (χ3n) is 1.86. The van der Waals surface area contributed by atoms with Crippen LogP contribution in [-0.4, -0.2) is 0 Å². The SMILES string of the molecule is CC[C@H](N)c1cc(Cl)cc(Cl)c1Cl.Cl. The van der Waals surface area contributed by atoms with Crippen molar-refractivity contribution in [3.05, 3.63) is 32.8 Å². The van der Waals surface area contributed by atoms with Crippen molar-refractivity contribution < 1.29 is 0 Å². The van der Waals surface area contributed by atoms with E-state index in [0.29, 0.717) is 15.1 Å². The molecule has 0 amide bonds. The summed E-state index contributed by atoms with van der Waals surface area (Å²) in [6, 6.07) is 3.25. The standard InChI is InChI=1S/C9H10Cl3N.ClH/c1-2-8(13)6-3-5(10)4-7(11)9(6)12;/h3-4,8H,2,13H2,1H3;1H/t8-;/m0./s1. The highest BCUT2D eigenvalue weighted by atomic mass is 35.5. The van der Waals surface area contributed by atoms with Crippen LogP contribution in [0.5, 0.6) is 0 Å². The van der Waals surface area contributed by atoms with E-state index in [0.717, 1.165) is 12.0 Å². The molecule has 5 heteroatoms. The molecular weight excluding hydrogens is 264 g/mol. The maximum Gasteiger partial charge on any atom is 0.0641 e. The summed E-state index contributed by atoms with van der Waals surface area (Å²) >= 11 is 17.6. The smallest absolute Gasteiger partial charge is 0.0641 e. The van der Waals surface area contributed by atoms with Crippen LogP contribution < -0.4 is 5.73 Å². The van der Waals surface area contributed by atoms with Gasteiger partial charge in [-0.1, -0.05) is 41.7 Å². The van der Waals surface area contributed by atoms with Gasteiger partial charge in [0.1, 0.15) is 0 Å². The normalized spacial score (nSPS) is 12.1. The Labute approximate surface area is 105 Å². The first-order chi connectivity index (χ1) is 6.06. The average Bonchev–Trinajstić information content (AvgIpc) is 2.10. The molecule has 1 rings (SSSR count). The van der Waals surface area contributed by atoms with Gasteiger partial charge in [-0.3, -0.25) is 0 Å². The molecule has 14 heavy (non-hydrogen) atoms. The topological polar surface area (TPSA) is 26.0 Å². The van der Waals surface area contributed by atoms with E-state index in [4.69, 9.17) is 40.5 Å². The average molecular weight is 275 g/mol. The van der Waals surface area contributed by atoms with Crippen LogP contribution >= 0.6 is 47.2 Å². The van der Waals surface area contributed by atoms with E-state index in [1.165, 1.54) is 0 Å². The van der Waals surface area contributed by atoms with Crippen molar-refractivity contribution in [3.8, 4) is 0 Å². The monoisotopic (exact) mass is 273 g/mol. The lowest BCUT2D eigenvalue weighted by Gasteiger charge is -2.12. The molecule has 0 aliphatic carbocycles. The maximum absolute atomic E-state index is 5.97. The summed E-state index contributed by atoms with van der Waals surface area (Å²) in [5.74, 6) is 0. The predicted molar refractivity (Wildman–Crippen MR) is 65.9 cm³/mol. The fraction of sp³-hybridized carbons (Fsp3) is 0.333. The molecule has 0 radical (unpaired) electrons. The highest BCUT2D eigenvalue weighted by Crippen LogP contribution is 2.33. The van der Waals surface area contributed by atoms with Gasteiger partial charge in [0, 0.05) is 11.1 Å². The summed E-state index contributed by atoms with van der Waals surface area (Å²) in [5.41, 5.74) is 6.64. The van der Waals surface area contributed by atoms with Gasteiger partial charge in [-0.15, -0.1) is 12.4 Å². The molecular formula is C9H11Cl4N. The molecule has 0 spiro atoms. The van der Waals surface area contributed by atoms with Crippen molar-refractivity contribution >= 4 is 47.2 Å². The van der Waals surface area contributed by atoms with Gasteiger partial charge in [-0.2, -0.15) is 0 Å². The highest BCUT2D eigenvalue weighted by molar-refractivity contribution is 6.43. The largest absolute Gasteiger partial charge is 0.324 e. The minimum atomic E-state index is -0.108. The van der Waals surface area contributed by atoms with Crippen LogP contribution in [0.1, 0.15) is 24.9 Å². The second kappa shape index (κ2) is 6.04. The Balaban J connectivity index is 0.00000169. The molecule has 0 unspecified atom stereocenters. The number of hydrogen-bond acceptors (Lipinski definition) is 1. The van der Waals surface area contributed by atoms with E-state index in [1.807, 2.05) is 6.92 Å². The molecule has 0 aliphatic rings. The van der Waals surface area contributed by atoms with Crippen molar-refractivity contribution in [2.24, 2.45) is 5.73 Å². The lowest BCUT2D eigenvalue weighted by atomic mass is 10.1. The van der Waals surface area contributed by atoms with E-state index in [9.17, 15) is 0 Å². The van der Waals surface area contributed by atoms with Crippen LogP contribution in [0.25, 0.3) is 0 Å². The van der Waals surface area contributed by atoms with Crippen LogP contribution in [0, 0.1) is 0 Å². The maximum atomic E-state index is 5.97. The molecule has 0 bridgehead atoms. The third-order valence-corrected chi connectivity index (χ3v) is 2.90. The Morgan fingerprint density at radius 2 is 1.86 bits per heavy atom. The summed E-state index contributed by atoms with van der Waals surface area (Å²) in [5, 5.41) is 1.52. The second-order valence-corrected chi connectivity index (χ2v) is 4.03. The van der Waals surface area contributed by atoms with E-state index in [2.05, 4.69) is 0 Å². The fourth-order valence-corrected chi connectivity index (χ4v) is 1.82. The summed E-state index contributed by atoms with van der Waals surface area (Å²) in [6.07, 6.45) is 0.802. The summed E-state index contributed by atoms with van der Waals surface area (Å²) in [6.45, 7) is 1.98. The van der Waals surface area contributed by atoms with Crippen molar-refractivity contribution in [2.45, 2.75) is 19.4 Å². The summed E-state index contributed by atoms with van der Waals surface area (Å²) < 4.78 is 0. The van der Waals surface area contributed by atoms with Crippen LogP contribution in [0.3, 0.4) is 0 Å². The van der Waals surface area contributed by atoms with Crippen LogP contribution in [0.4, 0.5) is 0 Å². The lowest BCUT2D eigenvalue weighted by molar-refractivity contribution is 0.699. The summed E-state index contributed by atoms with van der Waals surface area (Å²) in [7, 11) is 0. The molecule has 0 heterocycles. The predicted octanol–water partition coefficient (Wildman–Crippen LogP) is 4.48. The minimum absolute atomic E-state index is 0. The minimum Gasteiger partial charge on any atom is -0.324 e. The molecule has 1 atom stereocenters. The zero-order chi connectivity index (χ0) is 10.0. The molecule has 0 saturated carbocycles. The number of halogens is 4. The zero-order valence-electron chi connectivity index (χ0n) is 7.56. The van der Waals surface area contributed by atoms with E-state index >= 15 is 0 Å². The fourth-order valence-electron chi connectivity index (χ4n) is 1.07. The van der Waals surface area contributed by atoms with Crippen molar-refractivity contribution in [1.82, 2.24) is 0 Å². The van der Waals surface area contributed by atoms with Gasteiger partial charge in [0.15, 0.2) is 0 Å². The van der Waals surface area contributed by atoms with Gasteiger partial charge in [0.05, 0.1) is 10.0 Å². The number of hydrogen-bond donors (Lipinski definition) is 1. The summed E-state index contributed by atoms with van der Waals surface area (Å²) in [4.78, 5) is 0. The van der Waals surface area contributed by atoms with Gasteiger partial charge in [-0.25, -0.2) is 0 Å². The number of benzene rings is 1. The molecule has 1 nitrogen and oxygen atoms in total. The third kappa shape index (κ3) is 3.18. The van der Waals surface area contributed by atoms with Gasteiger partial charge < -0.3 is 5.73 Å². The Hall–Kier alpha value is 0.340. The van der Waals surface area contributed by atoms with Gasteiger partial charge >= 0.3 is 0 Å². The van der Waals surface area contributed by atoms with Crippen LogP contribution in [0.15, 0.2) is 12.1 Å². The number of nitrogens with two attached hydrogens (primary N) is 1. The molecule has 0 fully saturated rings. The van der Waals surface area contributed by atoms with Crippen molar-refractivity contribution in [3.63, 3.8) is 0 Å². The van der Waals surface area contributed by atoms with Crippen molar-refractivity contribution in [2.75, 3.05) is 0 Å². The van der Waals surface area contributed by atoms with E-state index in [1.54, 1.807) is 12.1 Å².